The number of hydrogen-bond acceptors (Lipinski definition) is 8. The fraction of sp³-hybridized carbons (Fsp3) is 0. The number of furan rings is 1. The number of para-hydroxylation sites is 1. The van der Waals surface area contributed by atoms with Gasteiger partial charge >= 0.3 is 0 Å². The quantitative estimate of drug-likeness (QED) is 0.184. The summed E-state index contributed by atoms with van der Waals surface area (Å²) in [5, 5.41) is 3.88. The summed E-state index contributed by atoms with van der Waals surface area (Å²) in [5.74, 6) is 0. The molecular weight excluding hydrogens is 635 g/mol. The molecule has 9 aromatic heterocycles. The summed E-state index contributed by atoms with van der Waals surface area (Å²) in [5.41, 5.74) is 11.4. The van der Waals surface area contributed by atoms with E-state index in [1.807, 2.05) is 104 Å². The number of rotatable bonds is 4. The minimum atomic E-state index is 0.618. The van der Waals surface area contributed by atoms with Gasteiger partial charge < -0.3 is 8.98 Å². The second kappa shape index (κ2) is 10.6. The maximum absolute atomic E-state index is 6.75. The summed E-state index contributed by atoms with van der Waals surface area (Å²) >= 11 is 0. The van der Waals surface area contributed by atoms with Crippen LogP contribution in [0.1, 0.15) is 0 Å². The predicted octanol–water partition coefficient (Wildman–Crippen LogP) is 8.88. The van der Waals surface area contributed by atoms with Crippen LogP contribution in [0.15, 0.2) is 145 Å². The molecule has 0 amide bonds. The van der Waals surface area contributed by atoms with Gasteiger partial charge in [-0.2, -0.15) is 0 Å². The minimum Gasteiger partial charge on any atom is -0.450 e. The molecule has 10 nitrogen and oxygen atoms in total. The highest BCUT2D eigenvalue weighted by Gasteiger charge is 2.25. The van der Waals surface area contributed by atoms with Crippen LogP contribution in [0.4, 0.5) is 0 Å². The van der Waals surface area contributed by atoms with Gasteiger partial charge in [-0.25, -0.2) is 19.9 Å². The Morgan fingerprint density at radius 3 is 2.14 bits per heavy atom. The molecule has 10 heteroatoms. The largest absolute Gasteiger partial charge is 0.450 e. The first-order valence-corrected chi connectivity index (χ1v) is 16.4. The zero-order valence-corrected chi connectivity index (χ0v) is 26.7. The average Bonchev–Trinajstić information content (AvgIpc) is 3.86. The van der Waals surface area contributed by atoms with E-state index in [4.69, 9.17) is 24.4 Å². The van der Waals surface area contributed by atoms with Crippen molar-refractivity contribution in [1.82, 2.24) is 44.0 Å². The van der Waals surface area contributed by atoms with E-state index in [0.29, 0.717) is 33.6 Å². The molecule has 2 aromatic carbocycles. The molecule has 0 unspecified atom stereocenters. The van der Waals surface area contributed by atoms with Gasteiger partial charge in [0.2, 0.25) is 0 Å². The van der Waals surface area contributed by atoms with Crippen LogP contribution in [-0.2, 0) is 0 Å². The summed E-state index contributed by atoms with van der Waals surface area (Å²) in [7, 11) is 0. The van der Waals surface area contributed by atoms with Crippen LogP contribution in [0, 0.1) is 0 Å². The Hall–Kier alpha value is -7.33. The highest BCUT2D eigenvalue weighted by molar-refractivity contribution is 6.15. The van der Waals surface area contributed by atoms with Crippen molar-refractivity contribution in [3.05, 3.63) is 141 Å². The van der Waals surface area contributed by atoms with Crippen LogP contribution in [-0.4, -0.2) is 44.0 Å². The third-order valence-electron chi connectivity index (χ3n) is 9.59. The minimum absolute atomic E-state index is 0.618. The topological polar surface area (TPSA) is 113 Å². The Balaban J connectivity index is 1.21. The van der Waals surface area contributed by atoms with Crippen LogP contribution in [0.3, 0.4) is 0 Å². The van der Waals surface area contributed by atoms with Crippen molar-refractivity contribution in [3.8, 4) is 33.9 Å². The predicted molar refractivity (Wildman–Crippen MR) is 198 cm³/mol. The van der Waals surface area contributed by atoms with Crippen LogP contribution in [0.2, 0.25) is 0 Å². The number of pyridine rings is 5. The third-order valence-corrected chi connectivity index (χ3v) is 9.59. The smallest absolute Gasteiger partial charge is 0.180 e. The highest BCUT2D eigenvalue weighted by atomic mass is 16.3. The van der Waals surface area contributed by atoms with Gasteiger partial charge in [-0.3, -0.25) is 19.5 Å². The van der Waals surface area contributed by atoms with E-state index in [9.17, 15) is 0 Å². The van der Waals surface area contributed by atoms with Crippen LogP contribution in [0.5, 0.6) is 0 Å². The molecule has 0 aliphatic carbocycles. The normalized spacial score (nSPS) is 11.9. The van der Waals surface area contributed by atoms with Crippen molar-refractivity contribution in [3.63, 3.8) is 0 Å². The van der Waals surface area contributed by atoms with Crippen molar-refractivity contribution in [2.24, 2.45) is 0 Å². The van der Waals surface area contributed by atoms with Gasteiger partial charge in [-0.15, -0.1) is 0 Å². The standard InChI is InChI=1S/C41H23N9O/c1-3-7-24(8-4-1)27-21-45-38-37-34(51-40(38)39(27)50-31-14-17-42-19-28(31)26-13-16-44-22-33(26)50)12-11-30(48-37)36-35-29-20-43-18-15-32(29)49(41(35)47-23-46-36)25-9-5-2-6-10-25/h1-23H. The number of fused-ring (bicyclic) bond motifs is 9. The fourth-order valence-electron chi connectivity index (χ4n) is 7.41. The maximum atomic E-state index is 6.75. The lowest BCUT2D eigenvalue weighted by Gasteiger charge is -2.14. The van der Waals surface area contributed by atoms with Crippen molar-refractivity contribution < 1.29 is 4.42 Å². The van der Waals surface area contributed by atoms with E-state index in [-0.39, 0.29) is 0 Å². The lowest BCUT2D eigenvalue weighted by Crippen LogP contribution is -1.99. The molecule has 11 rings (SSSR count). The van der Waals surface area contributed by atoms with E-state index >= 15 is 0 Å². The molecule has 0 aliphatic heterocycles. The molecule has 0 atom stereocenters. The highest BCUT2D eigenvalue weighted by Crippen LogP contribution is 2.42. The van der Waals surface area contributed by atoms with Crippen molar-refractivity contribution in [2.75, 3.05) is 0 Å². The molecule has 0 radical (unpaired) electrons. The third kappa shape index (κ3) is 3.95. The molecule has 0 aliphatic rings. The molecule has 238 valence electrons. The fourth-order valence-corrected chi connectivity index (χ4v) is 7.41. The Morgan fingerprint density at radius 1 is 0.549 bits per heavy atom. The summed E-state index contributed by atoms with van der Waals surface area (Å²) in [6.07, 6.45) is 14.6. The number of aromatic nitrogens is 9. The van der Waals surface area contributed by atoms with Gasteiger partial charge in [0.1, 0.15) is 34.4 Å². The Labute approximate surface area is 288 Å². The first kappa shape index (κ1) is 27.6. The summed E-state index contributed by atoms with van der Waals surface area (Å²) < 4.78 is 11.1. The zero-order valence-electron chi connectivity index (χ0n) is 26.7. The zero-order chi connectivity index (χ0) is 33.5. The Morgan fingerprint density at radius 2 is 1.29 bits per heavy atom. The van der Waals surface area contributed by atoms with Crippen LogP contribution >= 0.6 is 0 Å². The molecular formula is C41H23N9O. The van der Waals surface area contributed by atoms with Crippen molar-refractivity contribution in [1.29, 1.82) is 0 Å². The monoisotopic (exact) mass is 657 g/mol. The van der Waals surface area contributed by atoms with Crippen molar-refractivity contribution >= 4 is 65.9 Å². The number of nitrogens with zero attached hydrogens (tertiary/aromatic N) is 9. The van der Waals surface area contributed by atoms with Gasteiger partial charge in [0, 0.05) is 64.6 Å². The van der Waals surface area contributed by atoms with Crippen LogP contribution in [0.25, 0.3) is 99.8 Å². The van der Waals surface area contributed by atoms with Gasteiger partial charge in [0.25, 0.3) is 0 Å². The molecule has 0 fully saturated rings. The summed E-state index contributed by atoms with van der Waals surface area (Å²) in [6, 6.07) is 30.4. The first-order chi connectivity index (χ1) is 25.3. The van der Waals surface area contributed by atoms with E-state index in [2.05, 4.69) is 48.4 Å². The van der Waals surface area contributed by atoms with E-state index in [1.165, 1.54) is 0 Å². The number of benzene rings is 2. The first-order valence-electron chi connectivity index (χ1n) is 16.4. The van der Waals surface area contributed by atoms with E-state index in [1.54, 1.807) is 12.5 Å². The van der Waals surface area contributed by atoms with E-state index < -0.39 is 0 Å². The molecule has 0 N–H and O–H groups in total. The number of hydrogen-bond donors (Lipinski definition) is 0. The maximum Gasteiger partial charge on any atom is 0.180 e. The average molecular weight is 658 g/mol. The Bertz CT molecular complexity index is 3090. The van der Waals surface area contributed by atoms with Crippen LogP contribution < -0.4 is 0 Å². The second-order valence-electron chi connectivity index (χ2n) is 12.3. The van der Waals surface area contributed by atoms with Gasteiger partial charge in [0.05, 0.1) is 33.8 Å². The van der Waals surface area contributed by atoms with Crippen molar-refractivity contribution in [2.45, 2.75) is 0 Å². The molecule has 0 bridgehead atoms. The van der Waals surface area contributed by atoms with Gasteiger partial charge in [0.15, 0.2) is 11.2 Å². The Kier molecular flexibility index (Phi) is 5.73. The SMILES string of the molecule is c1ccc(-c2cnc3c(oc4ccc(-c5ncnc6c5c5cnccc5n6-c5ccccc5)nc43)c2-n2c3ccncc3c3ccncc32)cc1. The lowest BCUT2D eigenvalue weighted by molar-refractivity contribution is 0.665. The molecule has 0 saturated carbocycles. The second-order valence-corrected chi connectivity index (χ2v) is 12.3. The lowest BCUT2D eigenvalue weighted by atomic mass is 10.0. The molecule has 0 spiro atoms. The molecule has 51 heavy (non-hydrogen) atoms. The van der Waals surface area contributed by atoms with E-state index in [0.717, 1.165) is 66.2 Å². The summed E-state index contributed by atoms with van der Waals surface area (Å²) in [6.45, 7) is 0. The molecule has 9 heterocycles. The molecule has 11 aromatic rings. The molecule has 0 saturated heterocycles. The van der Waals surface area contributed by atoms with Gasteiger partial charge in [-0.05, 0) is 48.0 Å². The van der Waals surface area contributed by atoms with Gasteiger partial charge in [-0.1, -0.05) is 48.5 Å². The summed E-state index contributed by atoms with van der Waals surface area (Å²) in [4.78, 5) is 33.2.